The van der Waals surface area contributed by atoms with Crippen molar-refractivity contribution < 1.29 is 14.6 Å². The minimum atomic E-state index is -0.102. The van der Waals surface area contributed by atoms with Gasteiger partial charge < -0.3 is 14.7 Å². The molecule has 0 saturated heterocycles. The van der Waals surface area contributed by atoms with Gasteiger partial charge in [0.2, 0.25) is 5.91 Å². The first-order valence-electron chi connectivity index (χ1n) is 4.49. The summed E-state index contributed by atoms with van der Waals surface area (Å²) in [6, 6.07) is -0.102. The fraction of sp³-hybridized carbons (Fsp3) is 0.889. The topological polar surface area (TPSA) is 49.8 Å². The lowest BCUT2D eigenvalue weighted by Crippen LogP contribution is -2.37. The van der Waals surface area contributed by atoms with Crippen molar-refractivity contribution in [3.05, 3.63) is 0 Å². The highest BCUT2D eigenvalue weighted by Crippen LogP contribution is 2.00. The van der Waals surface area contributed by atoms with Gasteiger partial charge in [-0.25, -0.2) is 0 Å². The Morgan fingerprint density at radius 2 is 2.23 bits per heavy atom. The van der Waals surface area contributed by atoms with Crippen LogP contribution in [0.4, 0.5) is 0 Å². The van der Waals surface area contributed by atoms with Gasteiger partial charge in [0.05, 0.1) is 12.6 Å². The summed E-state index contributed by atoms with van der Waals surface area (Å²) in [6.07, 6.45) is 1.21. The molecule has 1 N–H and O–H groups in total. The second-order valence-electron chi connectivity index (χ2n) is 3.13. The monoisotopic (exact) mass is 189 g/mol. The van der Waals surface area contributed by atoms with Crippen LogP contribution in [0.1, 0.15) is 19.8 Å². The maximum absolute atomic E-state index is 11.4. The van der Waals surface area contributed by atoms with E-state index in [9.17, 15) is 4.79 Å². The van der Waals surface area contributed by atoms with E-state index in [0.717, 1.165) is 6.42 Å². The van der Waals surface area contributed by atoms with Crippen LogP contribution in [0.25, 0.3) is 0 Å². The van der Waals surface area contributed by atoms with Crippen molar-refractivity contribution in [1.82, 2.24) is 4.90 Å². The Morgan fingerprint density at radius 1 is 1.62 bits per heavy atom. The molecule has 1 unspecified atom stereocenters. The van der Waals surface area contributed by atoms with Gasteiger partial charge in [0, 0.05) is 27.2 Å². The van der Waals surface area contributed by atoms with Gasteiger partial charge in [-0.15, -0.1) is 0 Å². The predicted octanol–water partition coefficient (Wildman–Crippen LogP) is 0.252. The number of amides is 1. The van der Waals surface area contributed by atoms with Gasteiger partial charge >= 0.3 is 0 Å². The van der Waals surface area contributed by atoms with Crippen LogP contribution >= 0.6 is 0 Å². The zero-order valence-corrected chi connectivity index (χ0v) is 8.62. The Hall–Kier alpha value is -0.610. The molecule has 0 rings (SSSR count). The minimum absolute atomic E-state index is 0.00647. The zero-order chi connectivity index (χ0) is 10.3. The molecular weight excluding hydrogens is 170 g/mol. The van der Waals surface area contributed by atoms with Gasteiger partial charge in [-0.05, 0) is 13.3 Å². The number of aliphatic hydroxyl groups excluding tert-OH is 1. The minimum Gasteiger partial charge on any atom is -0.394 e. The number of aliphatic hydroxyl groups is 1. The number of hydrogen-bond acceptors (Lipinski definition) is 3. The molecule has 0 heterocycles. The van der Waals surface area contributed by atoms with E-state index in [2.05, 4.69) is 0 Å². The third-order valence-electron chi connectivity index (χ3n) is 2.06. The smallest absolute Gasteiger partial charge is 0.222 e. The molecule has 0 bridgehead atoms. The first-order chi connectivity index (χ1) is 6.13. The Kier molecular flexibility index (Phi) is 6.54. The lowest BCUT2D eigenvalue weighted by molar-refractivity contribution is -0.132. The van der Waals surface area contributed by atoms with Crippen molar-refractivity contribution in [2.24, 2.45) is 0 Å². The molecule has 0 spiro atoms. The highest BCUT2D eigenvalue weighted by Gasteiger charge is 2.13. The van der Waals surface area contributed by atoms with Gasteiger partial charge in [-0.3, -0.25) is 4.79 Å². The summed E-state index contributed by atoms with van der Waals surface area (Å²) in [6.45, 7) is 2.42. The van der Waals surface area contributed by atoms with E-state index < -0.39 is 0 Å². The normalized spacial score (nSPS) is 12.6. The summed E-state index contributed by atoms with van der Waals surface area (Å²) in [5.41, 5.74) is 0. The van der Waals surface area contributed by atoms with E-state index in [0.29, 0.717) is 13.0 Å². The van der Waals surface area contributed by atoms with Gasteiger partial charge in [0.1, 0.15) is 0 Å². The number of hydrogen-bond donors (Lipinski definition) is 1. The summed E-state index contributed by atoms with van der Waals surface area (Å²) in [5.74, 6) is 0.0543. The first kappa shape index (κ1) is 12.4. The number of carbonyl (C=O) groups is 1. The second-order valence-corrected chi connectivity index (χ2v) is 3.13. The van der Waals surface area contributed by atoms with Crippen molar-refractivity contribution in [1.29, 1.82) is 0 Å². The summed E-state index contributed by atoms with van der Waals surface area (Å²) in [4.78, 5) is 12.9. The van der Waals surface area contributed by atoms with Crippen molar-refractivity contribution in [3.63, 3.8) is 0 Å². The summed E-state index contributed by atoms with van der Waals surface area (Å²) < 4.78 is 4.84. The fourth-order valence-electron chi connectivity index (χ4n) is 0.912. The molecule has 0 aliphatic heterocycles. The summed E-state index contributed by atoms with van der Waals surface area (Å²) >= 11 is 0. The third kappa shape index (κ3) is 4.85. The van der Waals surface area contributed by atoms with E-state index >= 15 is 0 Å². The molecule has 0 aromatic carbocycles. The highest BCUT2D eigenvalue weighted by atomic mass is 16.5. The SMILES string of the molecule is COCCCC(=O)N(C)C(C)CO. The van der Waals surface area contributed by atoms with Gasteiger partial charge in [0.25, 0.3) is 0 Å². The average molecular weight is 189 g/mol. The lowest BCUT2D eigenvalue weighted by atomic mass is 10.2. The molecule has 1 atom stereocenters. The summed E-state index contributed by atoms with van der Waals surface area (Å²) in [7, 11) is 3.32. The molecule has 0 saturated carbocycles. The third-order valence-corrected chi connectivity index (χ3v) is 2.06. The largest absolute Gasteiger partial charge is 0.394 e. The Bertz CT molecular complexity index is 150. The number of carbonyl (C=O) groups excluding carboxylic acids is 1. The molecule has 0 aliphatic carbocycles. The van der Waals surface area contributed by atoms with Gasteiger partial charge in [-0.2, -0.15) is 0 Å². The number of ether oxygens (including phenoxy) is 1. The number of rotatable bonds is 6. The fourth-order valence-corrected chi connectivity index (χ4v) is 0.912. The van der Waals surface area contributed by atoms with Crippen LogP contribution in [0.15, 0.2) is 0 Å². The van der Waals surface area contributed by atoms with Crippen molar-refractivity contribution >= 4 is 5.91 Å². The van der Waals surface area contributed by atoms with Crippen LogP contribution in [0.3, 0.4) is 0 Å². The van der Waals surface area contributed by atoms with Gasteiger partial charge in [0.15, 0.2) is 0 Å². The van der Waals surface area contributed by atoms with Crippen LogP contribution in [-0.2, 0) is 9.53 Å². The molecule has 0 radical (unpaired) electrons. The van der Waals surface area contributed by atoms with Crippen molar-refractivity contribution in [3.8, 4) is 0 Å². The first-order valence-corrected chi connectivity index (χ1v) is 4.49. The molecule has 0 aliphatic rings. The molecule has 0 aromatic heterocycles. The molecule has 4 nitrogen and oxygen atoms in total. The van der Waals surface area contributed by atoms with E-state index in [-0.39, 0.29) is 18.6 Å². The molecule has 4 heteroatoms. The van der Waals surface area contributed by atoms with Crippen LogP contribution in [0.5, 0.6) is 0 Å². The van der Waals surface area contributed by atoms with E-state index in [1.165, 1.54) is 0 Å². The Balaban J connectivity index is 3.69. The lowest BCUT2D eigenvalue weighted by Gasteiger charge is -2.22. The Labute approximate surface area is 79.5 Å². The molecule has 13 heavy (non-hydrogen) atoms. The van der Waals surface area contributed by atoms with Crippen LogP contribution in [0.2, 0.25) is 0 Å². The van der Waals surface area contributed by atoms with Crippen LogP contribution < -0.4 is 0 Å². The number of methoxy groups -OCH3 is 1. The maximum Gasteiger partial charge on any atom is 0.222 e. The molecule has 0 aromatic rings. The van der Waals surface area contributed by atoms with E-state index in [1.54, 1.807) is 19.1 Å². The summed E-state index contributed by atoms with van der Waals surface area (Å²) in [5, 5.41) is 8.81. The van der Waals surface area contributed by atoms with Crippen molar-refractivity contribution in [2.75, 3.05) is 27.4 Å². The standard InChI is InChI=1S/C9H19NO3/c1-8(7-11)10(2)9(12)5-4-6-13-3/h8,11H,4-7H2,1-3H3. The molecule has 78 valence electrons. The second kappa shape index (κ2) is 6.86. The van der Waals surface area contributed by atoms with Gasteiger partial charge in [-0.1, -0.05) is 0 Å². The molecule has 1 amide bonds. The average Bonchev–Trinajstić information content (AvgIpc) is 2.15. The quantitative estimate of drug-likeness (QED) is 0.609. The van der Waals surface area contributed by atoms with Crippen LogP contribution in [0, 0.1) is 0 Å². The van der Waals surface area contributed by atoms with E-state index in [1.807, 2.05) is 6.92 Å². The van der Waals surface area contributed by atoms with E-state index in [4.69, 9.17) is 9.84 Å². The highest BCUT2D eigenvalue weighted by molar-refractivity contribution is 5.76. The Morgan fingerprint density at radius 3 is 2.69 bits per heavy atom. The molecular formula is C9H19NO3. The number of nitrogens with zero attached hydrogens (tertiary/aromatic N) is 1. The zero-order valence-electron chi connectivity index (χ0n) is 8.62. The number of likely N-dealkylation sites (N-methyl/N-ethyl adjacent to an activating group) is 1. The van der Waals surface area contributed by atoms with Crippen molar-refractivity contribution in [2.45, 2.75) is 25.8 Å². The molecule has 0 fully saturated rings. The predicted molar refractivity (Wildman–Crippen MR) is 50.4 cm³/mol. The maximum atomic E-state index is 11.4. The van der Waals surface area contributed by atoms with Crippen LogP contribution in [-0.4, -0.2) is 49.3 Å².